The first-order valence-corrected chi connectivity index (χ1v) is 10.8. The summed E-state index contributed by atoms with van der Waals surface area (Å²) >= 11 is 6.10. The summed E-state index contributed by atoms with van der Waals surface area (Å²) in [5.74, 6) is 2.03. The Labute approximate surface area is 188 Å². The van der Waals surface area contributed by atoms with Gasteiger partial charge in [-0.25, -0.2) is 4.39 Å². The SMILES string of the molecule is CN=C(NCCc1ccc(F)cc1Cl)NC1CCN(c2cc(OC)cc(OC)c2)CC1. The molecule has 1 saturated heterocycles. The van der Waals surface area contributed by atoms with Crippen molar-refractivity contribution in [1.29, 1.82) is 0 Å². The molecule has 1 heterocycles. The number of halogens is 2. The van der Waals surface area contributed by atoms with Gasteiger partial charge in [0, 0.05) is 61.6 Å². The molecule has 0 unspecified atom stereocenters. The maximum Gasteiger partial charge on any atom is 0.191 e. The van der Waals surface area contributed by atoms with Gasteiger partial charge in [0.25, 0.3) is 0 Å². The third-order valence-corrected chi connectivity index (χ3v) is 5.81. The minimum Gasteiger partial charge on any atom is -0.497 e. The molecule has 168 valence electrons. The largest absolute Gasteiger partial charge is 0.497 e. The molecule has 0 atom stereocenters. The number of nitrogens with one attached hydrogen (secondary N) is 2. The number of ether oxygens (including phenoxy) is 2. The van der Waals surface area contributed by atoms with Crippen molar-refractivity contribution in [3.05, 3.63) is 52.8 Å². The molecule has 0 aromatic heterocycles. The smallest absolute Gasteiger partial charge is 0.191 e. The Morgan fingerprint density at radius 1 is 1.13 bits per heavy atom. The van der Waals surface area contributed by atoms with Gasteiger partial charge in [-0.1, -0.05) is 17.7 Å². The van der Waals surface area contributed by atoms with Crippen molar-refractivity contribution < 1.29 is 13.9 Å². The van der Waals surface area contributed by atoms with Crippen LogP contribution < -0.4 is 25.0 Å². The number of anilines is 1. The summed E-state index contributed by atoms with van der Waals surface area (Å²) < 4.78 is 24.0. The van der Waals surface area contributed by atoms with Crippen LogP contribution in [0.4, 0.5) is 10.1 Å². The van der Waals surface area contributed by atoms with E-state index in [4.69, 9.17) is 21.1 Å². The molecule has 0 aliphatic carbocycles. The van der Waals surface area contributed by atoms with Crippen LogP contribution in [-0.4, -0.2) is 52.9 Å². The molecule has 3 rings (SSSR count). The van der Waals surface area contributed by atoms with Gasteiger partial charge >= 0.3 is 0 Å². The average molecular weight is 449 g/mol. The predicted octanol–water partition coefficient (Wildman–Crippen LogP) is 3.87. The van der Waals surface area contributed by atoms with Gasteiger partial charge in [0.05, 0.1) is 14.2 Å². The second kappa shape index (κ2) is 11.1. The maximum absolute atomic E-state index is 13.2. The lowest BCUT2D eigenvalue weighted by atomic mass is 10.0. The molecule has 1 aliphatic heterocycles. The van der Waals surface area contributed by atoms with E-state index in [0.717, 1.165) is 54.6 Å². The topological polar surface area (TPSA) is 58.1 Å². The van der Waals surface area contributed by atoms with Crippen molar-refractivity contribution in [2.24, 2.45) is 4.99 Å². The first kappa shape index (κ1) is 23.0. The summed E-state index contributed by atoms with van der Waals surface area (Å²) in [5, 5.41) is 7.27. The zero-order chi connectivity index (χ0) is 22.2. The van der Waals surface area contributed by atoms with Crippen molar-refractivity contribution in [2.75, 3.05) is 45.8 Å². The summed E-state index contributed by atoms with van der Waals surface area (Å²) in [6, 6.07) is 10.8. The highest BCUT2D eigenvalue weighted by molar-refractivity contribution is 6.31. The summed E-state index contributed by atoms with van der Waals surface area (Å²) in [6.45, 7) is 2.51. The second-order valence-corrected chi connectivity index (χ2v) is 7.87. The van der Waals surface area contributed by atoms with E-state index in [9.17, 15) is 4.39 Å². The number of piperidine rings is 1. The number of hydrogen-bond acceptors (Lipinski definition) is 4. The molecule has 8 heteroatoms. The Balaban J connectivity index is 1.48. The highest BCUT2D eigenvalue weighted by atomic mass is 35.5. The average Bonchev–Trinajstić information content (AvgIpc) is 2.79. The fourth-order valence-electron chi connectivity index (χ4n) is 3.69. The van der Waals surface area contributed by atoms with Crippen LogP contribution in [0, 0.1) is 5.82 Å². The molecule has 0 radical (unpaired) electrons. The van der Waals surface area contributed by atoms with Gasteiger partial charge in [0.1, 0.15) is 17.3 Å². The summed E-state index contributed by atoms with van der Waals surface area (Å²) in [5.41, 5.74) is 2.02. The minimum absolute atomic E-state index is 0.321. The number of benzene rings is 2. The van der Waals surface area contributed by atoms with E-state index in [0.29, 0.717) is 24.0 Å². The Hall–Kier alpha value is -2.67. The van der Waals surface area contributed by atoms with Gasteiger partial charge < -0.3 is 25.0 Å². The number of aliphatic imine (C=N–C) groups is 1. The second-order valence-electron chi connectivity index (χ2n) is 7.46. The van der Waals surface area contributed by atoms with Crippen LogP contribution >= 0.6 is 11.6 Å². The number of rotatable bonds is 7. The molecule has 2 N–H and O–H groups in total. The molecule has 0 amide bonds. The van der Waals surface area contributed by atoms with Gasteiger partial charge in [0.2, 0.25) is 0 Å². The van der Waals surface area contributed by atoms with Crippen molar-refractivity contribution in [2.45, 2.75) is 25.3 Å². The number of methoxy groups -OCH3 is 2. The molecule has 2 aromatic carbocycles. The molecular weight excluding hydrogens is 419 g/mol. The molecule has 6 nitrogen and oxygen atoms in total. The van der Waals surface area contributed by atoms with Gasteiger partial charge in [-0.3, -0.25) is 4.99 Å². The van der Waals surface area contributed by atoms with Crippen LogP contribution in [0.3, 0.4) is 0 Å². The van der Waals surface area contributed by atoms with Crippen molar-refractivity contribution in [1.82, 2.24) is 10.6 Å². The van der Waals surface area contributed by atoms with E-state index in [1.54, 1.807) is 27.3 Å². The number of guanidine groups is 1. The van der Waals surface area contributed by atoms with Gasteiger partial charge in [-0.15, -0.1) is 0 Å². The minimum atomic E-state index is -0.321. The highest BCUT2D eigenvalue weighted by Gasteiger charge is 2.21. The number of nitrogens with zero attached hydrogens (tertiary/aromatic N) is 2. The number of hydrogen-bond donors (Lipinski definition) is 2. The standard InChI is InChI=1S/C23H30ClFN4O2/c1-26-23(27-9-6-16-4-5-17(25)12-22(16)24)28-18-7-10-29(11-8-18)19-13-20(30-2)15-21(14-19)31-3/h4-5,12-15,18H,6-11H2,1-3H3,(H2,26,27,28). The van der Waals surface area contributed by atoms with Crippen LogP contribution in [0.15, 0.2) is 41.4 Å². The third-order valence-electron chi connectivity index (χ3n) is 5.46. The first-order chi connectivity index (χ1) is 15.0. The van der Waals surface area contributed by atoms with Crippen LogP contribution in [0.2, 0.25) is 5.02 Å². The molecule has 0 spiro atoms. The summed E-state index contributed by atoms with van der Waals surface area (Å²) in [7, 11) is 5.09. The van der Waals surface area contributed by atoms with E-state index >= 15 is 0 Å². The molecular formula is C23H30ClFN4O2. The normalized spacial score (nSPS) is 15.0. The van der Waals surface area contributed by atoms with Crippen LogP contribution in [0.1, 0.15) is 18.4 Å². The fourth-order valence-corrected chi connectivity index (χ4v) is 3.95. The van der Waals surface area contributed by atoms with Gasteiger partial charge in [-0.05, 0) is 37.0 Å². The maximum atomic E-state index is 13.2. The predicted molar refractivity (Wildman–Crippen MR) is 124 cm³/mol. The summed E-state index contributed by atoms with van der Waals surface area (Å²) in [6.07, 6.45) is 2.67. The zero-order valence-corrected chi connectivity index (χ0v) is 19.0. The van der Waals surface area contributed by atoms with E-state index in [1.165, 1.54) is 12.1 Å². The zero-order valence-electron chi connectivity index (χ0n) is 18.3. The highest BCUT2D eigenvalue weighted by Crippen LogP contribution is 2.30. The molecule has 1 aliphatic rings. The van der Waals surface area contributed by atoms with Crippen molar-refractivity contribution in [3.63, 3.8) is 0 Å². The van der Waals surface area contributed by atoms with Crippen molar-refractivity contribution >= 4 is 23.2 Å². The molecule has 0 saturated carbocycles. The fraction of sp³-hybridized carbons (Fsp3) is 0.435. The van der Waals surface area contributed by atoms with Crippen LogP contribution in [-0.2, 0) is 6.42 Å². The molecule has 0 bridgehead atoms. The quantitative estimate of drug-likeness (QED) is 0.497. The van der Waals surface area contributed by atoms with Crippen molar-refractivity contribution in [3.8, 4) is 11.5 Å². The molecule has 1 fully saturated rings. The molecule has 2 aromatic rings. The van der Waals surface area contributed by atoms with E-state index in [1.807, 2.05) is 18.2 Å². The molecule has 31 heavy (non-hydrogen) atoms. The summed E-state index contributed by atoms with van der Waals surface area (Å²) in [4.78, 5) is 6.67. The lowest BCUT2D eigenvalue weighted by Gasteiger charge is -2.34. The van der Waals surface area contributed by atoms with Crippen LogP contribution in [0.5, 0.6) is 11.5 Å². The third kappa shape index (κ3) is 6.40. The lowest BCUT2D eigenvalue weighted by molar-refractivity contribution is 0.393. The van der Waals surface area contributed by atoms with E-state index < -0.39 is 0 Å². The van der Waals surface area contributed by atoms with E-state index in [2.05, 4.69) is 20.5 Å². The Morgan fingerprint density at radius 2 is 1.81 bits per heavy atom. The van der Waals surface area contributed by atoms with Gasteiger partial charge in [0.15, 0.2) is 5.96 Å². The Bertz CT molecular complexity index is 879. The van der Waals surface area contributed by atoms with Crippen LogP contribution in [0.25, 0.3) is 0 Å². The monoisotopic (exact) mass is 448 g/mol. The first-order valence-electron chi connectivity index (χ1n) is 10.4. The Kier molecular flexibility index (Phi) is 8.23. The Morgan fingerprint density at radius 3 is 2.39 bits per heavy atom. The lowest BCUT2D eigenvalue weighted by Crippen LogP contribution is -2.49. The van der Waals surface area contributed by atoms with Gasteiger partial charge in [-0.2, -0.15) is 0 Å². The van der Waals surface area contributed by atoms with E-state index in [-0.39, 0.29) is 5.82 Å².